The van der Waals surface area contributed by atoms with Gasteiger partial charge >= 0.3 is 5.97 Å². The number of rotatable bonds is 5. The van der Waals surface area contributed by atoms with Crippen molar-refractivity contribution in [3.8, 4) is 17.4 Å². The predicted molar refractivity (Wildman–Crippen MR) is 97.8 cm³/mol. The van der Waals surface area contributed by atoms with E-state index in [0.717, 1.165) is 5.56 Å². The summed E-state index contributed by atoms with van der Waals surface area (Å²) in [6.45, 7) is 1.85. The van der Waals surface area contributed by atoms with Gasteiger partial charge in [0.05, 0.1) is 18.1 Å². The third-order valence-corrected chi connectivity index (χ3v) is 4.07. The third-order valence-electron chi connectivity index (χ3n) is 4.07. The molecule has 0 unspecified atom stereocenters. The van der Waals surface area contributed by atoms with Gasteiger partial charge in [0, 0.05) is 17.5 Å². The molecule has 0 saturated carbocycles. The van der Waals surface area contributed by atoms with Gasteiger partial charge in [-0.25, -0.2) is 4.79 Å². The van der Waals surface area contributed by atoms with E-state index >= 15 is 0 Å². The molecule has 0 N–H and O–H groups in total. The zero-order valence-corrected chi connectivity index (χ0v) is 14.3. The van der Waals surface area contributed by atoms with Crippen LogP contribution in [-0.4, -0.2) is 12.6 Å². The van der Waals surface area contributed by atoms with E-state index in [1.807, 2.05) is 36.4 Å². The summed E-state index contributed by atoms with van der Waals surface area (Å²) in [6.07, 6.45) is 0.778. The van der Waals surface area contributed by atoms with E-state index in [9.17, 15) is 9.59 Å². The Labute approximate surface area is 150 Å². The summed E-state index contributed by atoms with van der Waals surface area (Å²) in [5.41, 5.74) is 1.50. The highest BCUT2D eigenvalue weighted by molar-refractivity contribution is 6.02. The van der Waals surface area contributed by atoms with E-state index in [1.54, 1.807) is 25.1 Å². The van der Waals surface area contributed by atoms with Gasteiger partial charge in [0.25, 0.3) is 0 Å². The molecule has 1 heterocycles. The molecule has 0 bridgehead atoms. The van der Waals surface area contributed by atoms with E-state index in [2.05, 4.69) is 0 Å². The lowest BCUT2D eigenvalue weighted by Gasteiger charge is -2.10. The summed E-state index contributed by atoms with van der Waals surface area (Å²) in [6, 6.07) is 16.1. The van der Waals surface area contributed by atoms with Crippen LogP contribution in [0.3, 0.4) is 0 Å². The van der Waals surface area contributed by atoms with Crippen molar-refractivity contribution in [1.29, 1.82) is 5.26 Å². The van der Waals surface area contributed by atoms with Gasteiger partial charge in [-0.2, -0.15) is 5.26 Å². The number of hydrogen-bond acceptors (Lipinski definition) is 5. The average molecular weight is 347 g/mol. The van der Waals surface area contributed by atoms with Gasteiger partial charge in [0.1, 0.15) is 11.3 Å². The normalized spacial score (nSPS) is 10.5. The van der Waals surface area contributed by atoms with Crippen LogP contribution < -0.4 is 5.43 Å². The van der Waals surface area contributed by atoms with Crippen LogP contribution in [0.4, 0.5) is 0 Å². The fourth-order valence-corrected chi connectivity index (χ4v) is 2.73. The van der Waals surface area contributed by atoms with E-state index in [1.165, 1.54) is 0 Å². The number of fused-ring (bicyclic) bond motifs is 1. The molecule has 26 heavy (non-hydrogen) atoms. The summed E-state index contributed by atoms with van der Waals surface area (Å²) in [5.74, 6) is -0.132. The monoisotopic (exact) mass is 347 g/mol. The van der Waals surface area contributed by atoms with Crippen molar-refractivity contribution in [1.82, 2.24) is 0 Å². The second-order valence-corrected chi connectivity index (χ2v) is 5.83. The van der Waals surface area contributed by atoms with Gasteiger partial charge in [0.2, 0.25) is 0 Å². The second-order valence-electron chi connectivity index (χ2n) is 5.83. The molecule has 3 aromatic rings. The van der Waals surface area contributed by atoms with Gasteiger partial charge in [-0.1, -0.05) is 36.4 Å². The van der Waals surface area contributed by atoms with Crippen LogP contribution in [0.25, 0.3) is 22.3 Å². The topological polar surface area (TPSA) is 80.3 Å². The molecule has 5 heteroatoms. The maximum Gasteiger partial charge on any atom is 0.341 e. The molecule has 0 radical (unpaired) electrons. The Kier molecular flexibility index (Phi) is 5.14. The number of hydrogen-bond donors (Lipinski definition) is 0. The molecular formula is C21H17NO4. The van der Waals surface area contributed by atoms with Crippen LogP contribution in [0.1, 0.15) is 28.8 Å². The first-order chi connectivity index (χ1) is 12.6. The fourth-order valence-electron chi connectivity index (χ4n) is 2.73. The van der Waals surface area contributed by atoms with Crippen LogP contribution in [0, 0.1) is 18.3 Å². The summed E-state index contributed by atoms with van der Waals surface area (Å²) < 4.78 is 11.2. The maximum atomic E-state index is 12.7. The van der Waals surface area contributed by atoms with E-state index in [0.29, 0.717) is 29.6 Å². The van der Waals surface area contributed by atoms with Crippen molar-refractivity contribution >= 4 is 16.9 Å². The number of nitriles is 1. The second kappa shape index (κ2) is 7.66. The Morgan fingerprint density at radius 3 is 2.65 bits per heavy atom. The van der Waals surface area contributed by atoms with Crippen LogP contribution in [0.5, 0.6) is 0 Å². The predicted octanol–water partition coefficient (Wildman–Crippen LogP) is 4.23. The Hall–Kier alpha value is -3.39. The molecule has 5 nitrogen and oxygen atoms in total. The highest BCUT2D eigenvalue weighted by Crippen LogP contribution is 2.27. The first-order valence-corrected chi connectivity index (χ1v) is 8.29. The van der Waals surface area contributed by atoms with Crippen molar-refractivity contribution in [3.63, 3.8) is 0 Å². The molecule has 0 spiro atoms. The zero-order valence-electron chi connectivity index (χ0n) is 14.3. The Morgan fingerprint density at radius 1 is 1.15 bits per heavy atom. The van der Waals surface area contributed by atoms with Crippen LogP contribution >= 0.6 is 0 Å². The van der Waals surface area contributed by atoms with Gasteiger partial charge in [0.15, 0.2) is 11.0 Å². The molecule has 1 aromatic heterocycles. The molecule has 0 aliphatic heterocycles. The van der Waals surface area contributed by atoms with Gasteiger partial charge in [-0.3, -0.25) is 4.79 Å². The molecule has 2 aromatic carbocycles. The molecule has 0 aliphatic carbocycles. The number of para-hydroxylation sites is 1. The summed E-state index contributed by atoms with van der Waals surface area (Å²) >= 11 is 0. The molecule has 130 valence electrons. The molecular weight excluding hydrogens is 330 g/mol. The van der Waals surface area contributed by atoms with Crippen molar-refractivity contribution in [3.05, 3.63) is 69.9 Å². The quantitative estimate of drug-likeness (QED) is 0.510. The van der Waals surface area contributed by atoms with Crippen molar-refractivity contribution in [2.75, 3.05) is 6.61 Å². The maximum absolute atomic E-state index is 12.7. The lowest BCUT2D eigenvalue weighted by molar-refractivity contribution is 0.0502. The highest BCUT2D eigenvalue weighted by Gasteiger charge is 2.19. The molecule has 0 fully saturated rings. The Morgan fingerprint density at radius 2 is 1.92 bits per heavy atom. The first-order valence-electron chi connectivity index (χ1n) is 8.29. The summed E-state index contributed by atoms with van der Waals surface area (Å²) in [7, 11) is 0. The number of carbonyl (C=O) groups excluding carboxylic acids is 1. The fraction of sp³-hybridized carbons (Fsp3) is 0.190. The van der Waals surface area contributed by atoms with Crippen LogP contribution in [-0.2, 0) is 4.74 Å². The minimum Gasteiger partial charge on any atom is -0.462 e. The SMILES string of the molecule is Cc1c(-c2ccccc2)oc2c(C(=O)OCCCC#N)cccc2c1=O. The van der Waals surface area contributed by atoms with E-state index in [4.69, 9.17) is 14.4 Å². The van der Waals surface area contributed by atoms with Crippen LogP contribution in [0.15, 0.2) is 57.7 Å². The lowest BCUT2D eigenvalue weighted by atomic mass is 10.0. The number of benzene rings is 2. The largest absolute Gasteiger partial charge is 0.462 e. The first kappa shape index (κ1) is 17.4. The lowest BCUT2D eigenvalue weighted by Crippen LogP contribution is -2.11. The van der Waals surface area contributed by atoms with Crippen molar-refractivity contribution in [2.24, 2.45) is 0 Å². The van der Waals surface area contributed by atoms with Gasteiger partial charge in [-0.15, -0.1) is 0 Å². The molecule has 3 rings (SSSR count). The van der Waals surface area contributed by atoms with E-state index < -0.39 is 5.97 Å². The smallest absolute Gasteiger partial charge is 0.341 e. The highest BCUT2D eigenvalue weighted by atomic mass is 16.5. The van der Waals surface area contributed by atoms with E-state index in [-0.39, 0.29) is 23.2 Å². The minimum absolute atomic E-state index is 0.143. The number of nitrogens with zero attached hydrogens (tertiary/aromatic N) is 1. The van der Waals surface area contributed by atoms with Gasteiger partial charge < -0.3 is 9.15 Å². The molecule has 0 saturated heterocycles. The van der Waals surface area contributed by atoms with Crippen molar-refractivity contribution < 1.29 is 13.9 Å². The summed E-state index contributed by atoms with van der Waals surface area (Å²) in [5, 5.41) is 8.89. The number of unbranched alkanes of at least 4 members (excludes halogenated alkanes) is 1. The third kappa shape index (κ3) is 3.35. The Balaban J connectivity index is 2.09. The molecule has 0 aliphatic rings. The minimum atomic E-state index is -0.570. The average Bonchev–Trinajstić information content (AvgIpc) is 2.68. The molecule has 0 amide bonds. The summed E-state index contributed by atoms with van der Waals surface area (Å²) in [4.78, 5) is 25.1. The number of carbonyl (C=O) groups is 1. The van der Waals surface area contributed by atoms with Crippen molar-refractivity contribution in [2.45, 2.75) is 19.8 Å². The standard InChI is InChI=1S/C21H17NO4/c1-14-18(23)16-10-7-11-17(21(24)25-13-6-5-12-22)20(16)26-19(14)15-8-3-2-4-9-15/h2-4,7-11H,5-6,13H2,1H3. The number of ether oxygens (including phenoxy) is 1. The zero-order chi connectivity index (χ0) is 18.5. The molecule has 0 atom stereocenters. The number of esters is 1. The van der Waals surface area contributed by atoms with Crippen LogP contribution in [0.2, 0.25) is 0 Å². The van der Waals surface area contributed by atoms with Gasteiger partial charge in [-0.05, 0) is 25.5 Å². The Bertz CT molecular complexity index is 1050.